The molecule has 0 aliphatic heterocycles. The number of thioether (sulfide) groups is 1. The van der Waals surface area contributed by atoms with Crippen molar-refractivity contribution in [2.45, 2.75) is 50.7 Å². The molecule has 2 saturated carbocycles. The average molecular weight is 356 g/mol. The van der Waals surface area contributed by atoms with Crippen molar-refractivity contribution in [3.05, 3.63) is 35.7 Å². The normalized spacial score (nSPS) is 17.1. The van der Waals surface area contributed by atoms with E-state index in [2.05, 4.69) is 34.6 Å². The number of amides is 1. The molecule has 132 valence electrons. The van der Waals surface area contributed by atoms with Gasteiger partial charge in [0, 0.05) is 6.04 Å². The highest BCUT2D eigenvalue weighted by Crippen LogP contribution is 2.44. The minimum atomic E-state index is 0.116. The Morgan fingerprint density at radius 3 is 2.52 bits per heavy atom. The summed E-state index contributed by atoms with van der Waals surface area (Å²) in [6.07, 6.45) is 5.09. The molecule has 1 amide bonds. The van der Waals surface area contributed by atoms with Gasteiger partial charge in [0.2, 0.25) is 5.91 Å². The molecule has 4 rings (SSSR count). The SMILES string of the molecule is Cc1ccccc1-n1c(C)nnc1SCC(=O)NC(C1CC1)C1CC1. The van der Waals surface area contributed by atoms with Gasteiger partial charge in [-0.3, -0.25) is 9.36 Å². The van der Waals surface area contributed by atoms with Gasteiger partial charge in [0.25, 0.3) is 0 Å². The molecule has 0 atom stereocenters. The van der Waals surface area contributed by atoms with Crippen molar-refractivity contribution < 1.29 is 4.79 Å². The highest BCUT2D eigenvalue weighted by molar-refractivity contribution is 7.99. The van der Waals surface area contributed by atoms with Gasteiger partial charge in [0.05, 0.1) is 11.4 Å². The Balaban J connectivity index is 1.43. The maximum absolute atomic E-state index is 12.4. The van der Waals surface area contributed by atoms with Gasteiger partial charge in [0.15, 0.2) is 5.16 Å². The predicted octanol–water partition coefficient (Wildman–Crippen LogP) is 3.28. The molecule has 0 unspecified atom stereocenters. The third-order valence-electron chi connectivity index (χ3n) is 5.07. The summed E-state index contributed by atoms with van der Waals surface area (Å²) in [7, 11) is 0. The zero-order valence-corrected chi connectivity index (χ0v) is 15.6. The number of rotatable bonds is 7. The van der Waals surface area contributed by atoms with Crippen LogP contribution >= 0.6 is 11.8 Å². The zero-order valence-electron chi connectivity index (χ0n) is 14.7. The van der Waals surface area contributed by atoms with E-state index in [1.165, 1.54) is 43.0 Å². The molecule has 1 N–H and O–H groups in total. The quantitative estimate of drug-likeness (QED) is 0.774. The number of carbonyl (C=O) groups excluding carboxylic acids is 1. The molecule has 1 aromatic heterocycles. The second-order valence-corrected chi connectivity index (χ2v) is 8.15. The monoisotopic (exact) mass is 356 g/mol. The fraction of sp³-hybridized carbons (Fsp3) is 0.526. The number of carbonyl (C=O) groups is 1. The fourth-order valence-corrected chi connectivity index (χ4v) is 4.22. The minimum Gasteiger partial charge on any atom is -0.352 e. The molecular formula is C19H24N4OS. The van der Waals surface area contributed by atoms with Crippen LogP contribution in [-0.4, -0.2) is 32.5 Å². The van der Waals surface area contributed by atoms with Crippen LogP contribution in [0.4, 0.5) is 0 Å². The van der Waals surface area contributed by atoms with Crippen molar-refractivity contribution in [1.82, 2.24) is 20.1 Å². The summed E-state index contributed by atoms with van der Waals surface area (Å²) in [5.41, 5.74) is 2.24. The van der Waals surface area contributed by atoms with Crippen molar-refractivity contribution in [3.8, 4) is 5.69 Å². The Labute approximate surface area is 152 Å². The first kappa shape index (κ1) is 16.6. The maximum atomic E-state index is 12.4. The van der Waals surface area contributed by atoms with E-state index in [4.69, 9.17) is 0 Å². The van der Waals surface area contributed by atoms with Crippen LogP contribution in [0, 0.1) is 25.7 Å². The highest BCUT2D eigenvalue weighted by Gasteiger charge is 2.42. The summed E-state index contributed by atoms with van der Waals surface area (Å²) < 4.78 is 2.03. The van der Waals surface area contributed by atoms with E-state index in [0.717, 1.165) is 28.5 Å². The lowest BCUT2D eigenvalue weighted by molar-refractivity contribution is -0.119. The summed E-state index contributed by atoms with van der Waals surface area (Å²) in [6, 6.07) is 8.58. The summed E-state index contributed by atoms with van der Waals surface area (Å²) in [5, 5.41) is 12.5. The summed E-state index contributed by atoms with van der Waals surface area (Å²) >= 11 is 1.46. The van der Waals surface area contributed by atoms with Crippen molar-refractivity contribution in [2.75, 3.05) is 5.75 Å². The van der Waals surface area contributed by atoms with Crippen LogP contribution in [0.15, 0.2) is 29.4 Å². The lowest BCUT2D eigenvalue weighted by Gasteiger charge is -2.17. The Hall–Kier alpha value is -1.82. The molecule has 0 spiro atoms. The Bertz CT molecular complexity index is 767. The van der Waals surface area contributed by atoms with Gasteiger partial charge in [-0.25, -0.2) is 0 Å². The van der Waals surface area contributed by atoms with Gasteiger partial charge in [0.1, 0.15) is 5.82 Å². The van der Waals surface area contributed by atoms with Gasteiger partial charge in [-0.2, -0.15) is 0 Å². The molecule has 2 aromatic rings. The molecule has 0 bridgehead atoms. The topological polar surface area (TPSA) is 59.8 Å². The van der Waals surface area contributed by atoms with Crippen LogP contribution in [0.25, 0.3) is 5.69 Å². The summed E-state index contributed by atoms with van der Waals surface area (Å²) in [5.74, 6) is 2.79. The van der Waals surface area contributed by atoms with Gasteiger partial charge in [-0.15, -0.1) is 10.2 Å². The summed E-state index contributed by atoms with van der Waals surface area (Å²) in [6.45, 7) is 4.02. The van der Waals surface area contributed by atoms with E-state index in [-0.39, 0.29) is 5.91 Å². The Morgan fingerprint density at radius 1 is 1.20 bits per heavy atom. The van der Waals surface area contributed by atoms with E-state index in [0.29, 0.717) is 11.8 Å². The molecule has 2 fully saturated rings. The Kier molecular flexibility index (Phi) is 4.54. The molecule has 2 aliphatic rings. The second kappa shape index (κ2) is 6.83. The molecule has 2 aliphatic carbocycles. The van der Waals surface area contributed by atoms with E-state index in [9.17, 15) is 4.79 Å². The van der Waals surface area contributed by atoms with Gasteiger partial charge in [-0.05, 0) is 63.0 Å². The number of para-hydroxylation sites is 1. The number of nitrogens with one attached hydrogen (secondary N) is 1. The number of hydrogen-bond acceptors (Lipinski definition) is 4. The van der Waals surface area contributed by atoms with Crippen molar-refractivity contribution in [3.63, 3.8) is 0 Å². The van der Waals surface area contributed by atoms with Crippen LogP contribution < -0.4 is 5.32 Å². The maximum Gasteiger partial charge on any atom is 0.230 e. The highest BCUT2D eigenvalue weighted by atomic mass is 32.2. The second-order valence-electron chi connectivity index (χ2n) is 7.21. The number of aryl methyl sites for hydroxylation is 2. The fourth-order valence-electron chi connectivity index (χ4n) is 3.42. The lowest BCUT2D eigenvalue weighted by atomic mass is 10.1. The zero-order chi connectivity index (χ0) is 17.4. The molecule has 6 heteroatoms. The van der Waals surface area contributed by atoms with Crippen LogP contribution in [-0.2, 0) is 4.79 Å². The minimum absolute atomic E-state index is 0.116. The largest absolute Gasteiger partial charge is 0.352 e. The average Bonchev–Trinajstić information content (AvgIpc) is 3.51. The number of aromatic nitrogens is 3. The van der Waals surface area contributed by atoms with E-state index >= 15 is 0 Å². The number of nitrogens with zero attached hydrogens (tertiary/aromatic N) is 3. The van der Waals surface area contributed by atoms with E-state index in [1.807, 2.05) is 23.6 Å². The lowest BCUT2D eigenvalue weighted by Crippen LogP contribution is -2.39. The smallest absolute Gasteiger partial charge is 0.230 e. The van der Waals surface area contributed by atoms with Gasteiger partial charge in [-0.1, -0.05) is 30.0 Å². The third kappa shape index (κ3) is 3.73. The molecule has 25 heavy (non-hydrogen) atoms. The molecule has 0 saturated heterocycles. The van der Waals surface area contributed by atoms with Gasteiger partial charge >= 0.3 is 0 Å². The Morgan fingerprint density at radius 2 is 1.88 bits per heavy atom. The van der Waals surface area contributed by atoms with Crippen molar-refractivity contribution in [1.29, 1.82) is 0 Å². The first-order valence-electron chi connectivity index (χ1n) is 9.03. The molecular weight excluding hydrogens is 332 g/mol. The van der Waals surface area contributed by atoms with Crippen LogP contribution in [0.3, 0.4) is 0 Å². The van der Waals surface area contributed by atoms with Crippen LogP contribution in [0.2, 0.25) is 0 Å². The van der Waals surface area contributed by atoms with Crippen LogP contribution in [0.1, 0.15) is 37.1 Å². The molecule has 0 radical (unpaired) electrons. The first-order valence-corrected chi connectivity index (χ1v) is 10.0. The van der Waals surface area contributed by atoms with E-state index < -0.39 is 0 Å². The molecule has 1 aromatic carbocycles. The predicted molar refractivity (Wildman–Crippen MR) is 98.9 cm³/mol. The first-order chi connectivity index (χ1) is 12.1. The van der Waals surface area contributed by atoms with Gasteiger partial charge < -0.3 is 5.32 Å². The number of hydrogen-bond donors (Lipinski definition) is 1. The van der Waals surface area contributed by atoms with Crippen LogP contribution in [0.5, 0.6) is 0 Å². The molecule has 1 heterocycles. The summed E-state index contributed by atoms with van der Waals surface area (Å²) in [4.78, 5) is 12.4. The standard InChI is InChI=1S/C19H24N4OS/c1-12-5-3-4-6-16(12)23-13(2)21-22-19(23)25-11-17(24)20-18(14-7-8-14)15-9-10-15/h3-6,14-15,18H,7-11H2,1-2H3,(H,20,24). The third-order valence-corrected chi connectivity index (χ3v) is 6.00. The number of benzene rings is 1. The van der Waals surface area contributed by atoms with E-state index in [1.54, 1.807) is 0 Å². The molecule has 5 nitrogen and oxygen atoms in total. The van der Waals surface area contributed by atoms with Crippen molar-refractivity contribution >= 4 is 17.7 Å². The van der Waals surface area contributed by atoms with Crippen molar-refractivity contribution in [2.24, 2.45) is 11.8 Å².